The molecule has 1 atom stereocenters. The van der Waals surface area contributed by atoms with Crippen molar-refractivity contribution in [2.45, 2.75) is 26.8 Å². The molecule has 2 N–H and O–H groups in total. The van der Waals surface area contributed by atoms with Gasteiger partial charge in [0.15, 0.2) is 5.11 Å². The van der Waals surface area contributed by atoms with Gasteiger partial charge >= 0.3 is 5.97 Å². The lowest BCUT2D eigenvalue weighted by atomic mass is 9.95. The predicted molar refractivity (Wildman–Crippen MR) is 101 cm³/mol. The van der Waals surface area contributed by atoms with Gasteiger partial charge in [0.25, 0.3) is 0 Å². The number of esters is 1. The van der Waals surface area contributed by atoms with Gasteiger partial charge in [-0.05, 0) is 42.8 Å². The molecule has 1 aromatic carbocycles. The molecule has 0 amide bonds. The van der Waals surface area contributed by atoms with E-state index in [0.717, 1.165) is 16.9 Å². The zero-order valence-corrected chi connectivity index (χ0v) is 15.7. The molecule has 24 heavy (non-hydrogen) atoms. The van der Waals surface area contributed by atoms with E-state index in [9.17, 15) is 4.79 Å². The standard InChI is InChI=1S/C18H25N3O2S/c1-11(2)10-23-17(22)15-12(3)19-18(24)20-16(15)13-6-8-14(9-7-13)21(4)5/h6-9,11,16H,10H2,1-5H3,(H2,19,20,24)/t16-/m1/s1. The smallest absolute Gasteiger partial charge is 0.338 e. The molecule has 6 heteroatoms. The second-order valence-electron chi connectivity index (χ2n) is 6.55. The summed E-state index contributed by atoms with van der Waals surface area (Å²) < 4.78 is 5.43. The van der Waals surface area contributed by atoms with Gasteiger partial charge in [0.2, 0.25) is 0 Å². The Kier molecular flexibility index (Phi) is 5.83. The van der Waals surface area contributed by atoms with Crippen LogP contribution in [-0.4, -0.2) is 31.8 Å². The molecule has 2 rings (SSSR count). The fourth-order valence-electron chi connectivity index (χ4n) is 2.50. The van der Waals surface area contributed by atoms with Crippen molar-refractivity contribution < 1.29 is 9.53 Å². The van der Waals surface area contributed by atoms with Crippen LogP contribution in [-0.2, 0) is 9.53 Å². The van der Waals surface area contributed by atoms with Crippen molar-refractivity contribution in [2.75, 3.05) is 25.6 Å². The van der Waals surface area contributed by atoms with Gasteiger partial charge in [-0.3, -0.25) is 0 Å². The highest BCUT2D eigenvalue weighted by atomic mass is 32.1. The summed E-state index contributed by atoms with van der Waals surface area (Å²) in [6, 6.07) is 7.74. The highest BCUT2D eigenvalue weighted by Crippen LogP contribution is 2.29. The Balaban J connectivity index is 2.32. The van der Waals surface area contributed by atoms with E-state index >= 15 is 0 Å². The van der Waals surface area contributed by atoms with Crippen molar-refractivity contribution in [1.82, 2.24) is 10.6 Å². The van der Waals surface area contributed by atoms with Crippen LogP contribution in [0.3, 0.4) is 0 Å². The molecule has 1 heterocycles. The van der Waals surface area contributed by atoms with E-state index in [2.05, 4.69) is 10.6 Å². The molecule has 0 aromatic heterocycles. The molecule has 0 radical (unpaired) electrons. The Hall–Kier alpha value is -2.08. The minimum Gasteiger partial charge on any atom is -0.462 e. The Labute approximate surface area is 149 Å². The summed E-state index contributed by atoms with van der Waals surface area (Å²) >= 11 is 5.26. The van der Waals surface area contributed by atoms with Gasteiger partial charge < -0.3 is 20.3 Å². The number of carbonyl (C=O) groups is 1. The van der Waals surface area contributed by atoms with Crippen molar-refractivity contribution in [2.24, 2.45) is 5.92 Å². The fourth-order valence-corrected chi connectivity index (χ4v) is 2.77. The molecule has 5 nitrogen and oxygen atoms in total. The molecular formula is C18H25N3O2S. The minimum absolute atomic E-state index is 0.290. The monoisotopic (exact) mass is 347 g/mol. The van der Waals surface area contributed by atoms with E-state index in [4.69, 9.17) is 17.0 Å². The normalized spacial score (nSPS) is 17.4. The molecule has 0 bridgehead atoms. The molecule has 1 aromatic rings. The zero-order chi connectivity index (χ0) is 17.9. The number of benzene rings is 1. The first-order valence-electron chi connectivity index (χ1n) is 8.02. The average molecular weight is 347 g/mol. The number of ether oxygens (including phenoxy) is 1. The van der Waals surface area contributed by atoms with E-state index in [1.54, 1.807) is 0 Å². The van der Waals surface area contributed by atoms with Crippen LogP contribution in [0.1, 0.15) is 32.4 Å². The first kappa shape index (κ1) is 18.3. The van der Waals surface area contributed by atoms with Crippen molar-refractivity contribution in [1.29, 1.82) is 0 Å². The SMILES string of the molecule is CC1=C(C(=O)OCC(C)C)[C@@H](c2ccc(N(C)C)cc2)NC(=S)N1. The van der Waals surface area contributed by atoms with Crippen LogP contribution < -0.4 is 15.5 Å². The molecule has 1 aliphatic rings. The summed E-state index contributed by atoms with van der Waals surface area (Å²) in [4.78, 5) is 14.6. The number of nitrogens with one attached hydrogen (secondary N) is 2. The third kappa shape index (κ3) is 4.26. The molecule has 1 aliphatic heterocycles. The maximum absolute atomic E-state index is 12.6. The predicted octanol–water partition coefficient (Wildman–Crippen LogP) is 2.74. The second kappa shape index (κ2) is 7.66. The lowest BCUT2D eigenvalue weighted by Gasteiger charge is -2.30. The molecule has 0 saturated heterocycles. The summed E-state index contributed by atoms with van der Waals surface area (Å²) in [5, 5.41) is 6.71. The summed E-state index contributed by atoms with van der Waals surface area (Å²) in [7, 11) is 3.98. The first-order chi connectivity index (χ1) is 11.3. The zero-order valence-electron chi connectivity index (χ0n) is 14.8. The molecule has 0 aliphatic carbocycles. The van der Waals surface area contributed by atoms with Crippen molar-refractivity contribution >= 4 is 29.0 Å². The van der Waals surface area contributed by atoms with Crippen LogP contribution in [0, 0.1) is 5.92 Å². The lowest BCUT2D eigenvalue weighted by Crippen LogP contribution is -2.45. The third-order valence-electron chi connectivity index (χ3n) is 3.78. The second-order valence-corrected chi connectivity index (χ2v) is 6.96. The maximum Gasteiger partial charge on any atom is 0.338 e. The quantitative estimate of drug-likeness (QED) is 0.631. The number of hydrogen-bond donors (Lipinski definition) is 2. The summed E-state index contributed by atoms with van der Waals surface area (Å²) in [6.45, 7) is 6.27. The third-order valence-corrected chi connectivity index (χ3v) is 4.00. The van der Waals surface area contributed by atoms with E-state index in [1.165, 1.54) is 0 Å². The Morgan fingerprint density at radius 1 is 1.29 bits per heavy atom. The number of carbonyl (C=O) groups excluding carboxylic acids is 1. The van der Waals surface area contributed by atoms with E-state index in [0.29, 0.717) is 23.2 Å². The molecule has 0 unspecified atom stereocenters. The number of anilines is 1. The number of hydrogen-bond acceptors (Lipinski definition) is 4. The van der Waals surface area contributed by atoms with Gasteiger partial charge in [-0.1, -0.05) is 26.0 Å². The van der Waals surface area contributed by atoms with Gasteiger partial charge in [0, 0.05) is 25.5 Å². The van der Waals surface area contributed by atoms with Crippen LogP contribution in [0.4, 0.5) is 5.69 Å². The van der Waals surface area contributed by atoms with Gasteiger partial charge in [0.05, 0.1) is 18.2 Å². The van der Waals surface area contributed by atoms with Crippen molar-refractivity contribution in [3.05, 3.63) is 41.1 Å². The van der Waals surface area contributed by atoms with Gasteiger partial charge in [0.1, 0.15) is 0 Å². The number of allylic oxidation sites excluding steroid dienone is 1. The summed E-state index contributed by atoms with van der Waals surface area (Å²) in [5.41, 5.74) is 3.37. The van der Waals surface area contributed by atoms with Gasteiger partial charge in [-0.15, -0.1) is 0 Å². The molecule has 130 valence electrons. The van der Waals surface area contributed by atoms with Gasteiger partial charge in [-0.25, -0.2) is 4.79 Å². The molecule has 0 spiro atoms. The molecule has 0 saturated carbocycles. The summed E-state index contributed by atoms with van der Waals surface area (Å²) in [5.74, 6) is -0.0244. The van der Waals surface area contributed by atoms with Crippen LogP contribution in [0.25, 0.3) is 0 Å². The van der Waals surface area contributed by atoms with Crippen molar-refractivity contribution in [3.63, 3.8) is 0 Å². The lowest BCUT2D eigenvalue weighted by molar-refractivity contribution is -0.140. The minimum atomic E-state index is -0.314. The van der Waals surface area contributed by atoms with Crippen molar-refractivity contribution in [3.8, 4) is 0 Å². The highest BCUT2D eigenvalue weighted by Gasteiger charge is 2.31. The van der Waals surface area contributed by atoms with Crippen LogP contribution in [0.5, 0.6) is 0 Å². The van der Waals surface area contributed by atoms with E-state index in [-0.39, 0.29) is 12.0 Å². The maximum atomic E-state index is 12.6. The molecule has 0 fully saturated rings. The average Bonchev–Trinajstić information content (AvgIpc) is 2.52. The van der Waals surface area contributed by atoms with Gasteiger partial charge in [-0.2, -0.15) is 0 Å². The largest absolute Gasteiger partial charge is 0.462 e. The van der Waals surface area contributed by atoms with Crippen LogP contribution in [0.15, 0.2) is 35.5 Å². The van der Waals surface area contributed by atoms with E-state index in [1.807, 2.05) is 64.0 Å². The number of rotatable bonds is 5. The fraction of sp³-hybridized carbons (Fsp3) is 0.444. The van der Waals surface area contributed by atoms with E-state index < -0.39 is 0 Å². The Bertz CT molecular complexity index is 651. The van der Waals surface area contributed by atoms with Crippen LogP contribution >= 0.6 is 12.2 Å². The highest BCUT2D eigenvalue weighted by molar-refractivity contribution is 7.80. The summed E-state index contributed by atoms with van der Waals surface area (Å²) in [6.07, 6.45) is 0. The number of nitrogens with zero attached hydrogens (tertiary/aromatic N) is 1. The Morgan fingerprint density at radius 2 is 1.92 bits per heavy atom. The molecular weight excluding hydrogens is 322 g/mol. The topological polar surface area (TPSA) is 53.6 Å². The first-order valence-corrected chi connectivity index (χ1v) is 8.43. The Morgan fingerprint density at radius 3 is 2.46 bits per heavy atom. The number of thiocarbonyl (C=S) groups is 1. The van der Waals surface area contributed by atoms with Crippen LogP contribution in [0.2, 0.25) is 0 Å².